The van der Waals surface area contributed by atoms with Crippen LogP contribution < -0.4 is 0 Å². The number of ether oxygens (including phenoxy) is 1. The van der Waals surface area contributed by atoms with Crippen molar-refractivity contribution in [1.29, 1.82) is 5.26 Å². The molecule has 3 heteroatoms. The third-order valence-electron chi connectivity index (χ3n) is 2.79. The highest BCUT2D eigenvalue weighted by Crippen LogP contribution is 2.39. The summed E-state index contributed by atoms with van der Waals surface area (Å²) in [7, 11) is 0. The molecule has 15 heavy (non-hydrogen) atoms. The smallest absolute Gasteiger partial charge is 0.153 e. The molecule has 1 aliphatic rings. The molecule has 1 rings (SSSR count). The molecule has 3 nitrogen and oxygen atoms in total. The molecule has 0 aromatic rings. The molecule has 82 valence electrons. The normalized spacial score (nSPS) is 26.5. The van der Waals surface area contributed by atoms with E-state index in [1.165, 1.54) is 0 Å². The average molecular weight is 207 g/mol. The molecule has 1 fully saturated rings. The van der Waals surface area contributed by atoms with Gasteiger partial charge < -0.3 is 4.74 Å². The maximum Gasteiger partial charge on any atom is 0.153 e. The maximum atomic E-state index is 11.6. The van der Waals surface area contributed by atoms with Gasteiger partial charge >= 0.3 is 0 Å². The minimum atomic E-state index is -0.766. The molecule has 0 heterocycles. The first kappa shape index (κ1) is 11.8. The molecule has 0 aromatic heterocycles. The number of Topliss-reactive ketones (excluding diaryl/α,β-unsaturated/α-hetero) is 1. The van der Waals surface area contributed by atoms with Gasteiger partial charge in [-0.25, -0.2) is 0 Å². The van der Waals surface area contributed by atoms with E-state index >= 15 is 0 Å². The Labute approximate surface area is 90.7 Å². The predicted molar refractivity (Wildman–Crippen MR) is 56.9 cm³/mol. The molecule has 1 aliphatic carbocycles. The SMILES string of the molecule is CCOC=C(C)CC1(C#N)CCCC1=O. The summed E-state index contributed by atoms with van der Waals surface area (Å²) in [5, 5.41) is 9.12. The van der Waals surface area contributed by atoms with Crippen molar-refractivity contribution >= 4 is 5.78 Å². The van der Waals surface area contributed by atoms with E-state index in [1.807, 2.05) is 13.8 Å². The summed E-state index contributed by atoms with van der Waals surface area (Å²) < 4.78 is 5.15. The Morgan fingerprint density at radius 3 is 2.93 bits per heavy atom. The minimum absolute atomic E-state index is 0.0919. The van der Waals surface area contributed by atoms with Gasteiger partial charge in [-0.2, -0.15) is 5.26 Å². The number of nitriles is 1. The standard InChI is InChI=1S/C12H17NO2/c1-3-15-8-10(2)7-12(9-13)6-4-5-11(12)14/h8H,3-7H2,1-2H3. The molecule has 0 bridgehead atoms. The zero-order chi connectivity index (χ0) is 11.3. The van der Waals surface area contributed by atoms with Crippen molar-refractivity contribution in [3.05, 3.63) is 11.8 Å². The van der Waals surface area contributed by atoms with Gasteiger partial charge in [-0.05, 0) is 38.7 Å². The van der Waals surface area contributed by atoms with Gasteiger partial charge in [-0.15, -0.1) is 0 Å². The second kappa shape index (κ2) is 4.97. The lowest BCUT2D eigenvalue weighted by Gasteiger charge is -2.18. The molecule has 0 amide bonds. The number of carbonyl (C=O) groups is 1. The first-order valence-electron chi connectivity index (χ1n) is 5.36. The topological polar surface area (TPSA) is 50.1 Å². The van der Waals surface area contributed by atoms with Crippen LogP contribution in [0, 0.1) is 16.7 Å². The van der Waals surface area contributed by atoms with E-state index < -0.39 is 5.41 Å². The summed E-state index contributed by atoms with van der Waals surface area (Å²) in [4.78, 5) is 11.6. The fourth-order valence-corrected chi connectivity index (χ4v) is 2.02. The molecule has 0 spiro atoms. The number of ketones is 1. The number of allylic oxidation sites excluding steroid dienone is 1. The summed E-state index contributed by atoms with van der Waals surface area (Å²) in [5.74, 6) is 0.0919. The number of hydrogen-bond acceptors (Lipinski definition) is 3. The van der Waals surface area contributed by atoms with Crippen LogP contribution >= 0.6 is 0 Å². The van der Waals surface area contributed by atoms with Gasteiger partial charge in [-0.1, -0.05) is 0 Å². The monoisotopic (exact) mass is 207 g/mol. The predicted octanol–water partition coefficient (Wildman–Crippen LogP) is 2.58. The van der Waals surface area contributed by atoms with E-state index in [9.17, 15) is 4.79 Å². The molecule has 1 atom stereocenters. The average Bonchev–Trinajstić information content (AvgIpc) is 2.58. The Kier molecular flexibility index (Phi) is 3.90. The van der Waals surface area contributed by atoms with E-state index in [2.05, 4.69) is 6.07 Å². The molecule has 0 radical (unpaired) electrons. The zero-order valence-corrected chi connectivity index (χ0v) is 9.38. The summed E-state index contributed by atoms with van der Waals surface area (Å²) in [5.41, 5.74) is 0.200. The third-order valence-corrected chi connectivity index (χ3v) is 2.79. The Morgan fingerprint density at radius 2 is 2.47 bits per heavy atom. The van der Waals surface area contributed by atoms with Gasteiger partial charge in [0.1, 0.15) is 5.41 Å². The van der Waals surface area contributed by atoms with E-state index in [-0.39, 0.29) is 5.78 Å². The summed E-state index contributed by atoms with van der Waals surface area (Å²) in [6.07, 6.45) is 4.26. The summed E-state index contributed by atoms with van der Waals surface area (Å²) in [6, 6.07) is 2.19. The van der Waals surface area contributed by atoms with Gasteiger partial charge in [0.2, 0.25) is 0 Å². The molecule has 0 N–H and O–H groups in total. The molecular formula is C12H17NO2. The van der Waals surface area contributed by atoms with Gasteiger partial charge in [0.05, 0.1) is 18.9 Å². The van der Waals surface area contributed by atoms with Gasteiger partial charge in [-0.3, -0.25) is 4.79 Å². The van der Waals surface area contributed by atoms with Crippen LogP contribution in [0.25, 0.3) is 0 Å². The van der Waals surface area contributed by atoms with Crippen LogP contribution in [-0.4, -0.2) is 12.4 Å². The zero-order valence-electron chi connectivity index (χ0n) is 9.38. The van der Waals surface area contributed by atoms with Crippen LogP contribution in [0.5, 0.6) is 0 Å². The van der Waals surface area contributed by atoms with Crippen LogP contribution in [0.15, 0.2) is 11.8 Å². The van der Waals surface area contributed by atoms with Crippen LogP contribution in [0.3, 0.4) is 0 Å². The Morgan fingerprint density at radius 1 is 1.73 bits per heavy atom. The summed E-state index contributed by atoms with van der Waals surface area (Å²) in [6.45, 7) is 4.43. The van der Waals surface area contributed by atoms with Gasteiger partial charge in [0.25, 0.3) is 0 Å². The van der Waals surface area contributed by atoms with Crippen molar-refractivity contribution < 1.29 is 9.53 Å². The van der Waals surface area contributed by atoms with E-state index in [0.717, 1.165) is 12.0 Å². The lowest BCUT2D eigenvalue weighted by molar-refractivity contribution is -0.123. The highest BCUT2D eigenvalue weighted by molar-refractivity contribution is 5.89. The van der Waals surface area contributed by atoms with Crippen molar-refractivity contribution in [3.63, 3.8) is 0 Å². The van der Waals surface area contributed by atoms with Gasteiger partial charge in [0, 0.05) is 6.42 Å². The fourth-order valence-electron chi connectivity index (χ4n) is 2.02. The molecular weight excluding hydrogens is 190 g/mol. The molecule has 0 saturated heterocycles. The first-order valence-corrected chi connectivity index (χ1v) is 5.36. The van der Waals surface area contributed by atoms with Crippen LogP contribution in [0.1, 0.15) is 39.5 Å². The second-order valence-electron chi connectivity index (χ2n) is 4.07. The Bertz CT molecular complexity index is 314. The second-order valence-corrected chi connectivity index (χ2v) is 4.07. The third kappa shape index (κ3) is 2.59. The van der Waals surface area contributed by atoms with Crippen molar-refractivity contribution in [1.82, 2.24) is 0 Å². The van der Waals surface area contributed by atoms with Crippen LogP contribution in [0.2, 0.25) is 0 Å². The van der Waals surface area contributed by atoms with Crippen molar-refractivity contribution in [2.24, 2.45) is 5.41 Å². The Hall–Kier alpha value is -1.30. The molecule has 0 aromatic carbocycles. The van der Waals surface area contributed by atoms with Crippen molar-refractivity contribution in [2.45, 2.75) is 39.5 Å². The molecule has 1 saturated carbocycles. The van der Waals surface area contributed by atoms with E-state index in [0.29, 0.717) is 25.9 Å². The van der Waals surface area contributed by atoms with Crippen molar-refractivity contribution in [3.8, 4) is 6.07 Å². The maximum absolute atomic E-state index is 11.6. The lowest BCUT2D eigenvalue weighted by atomic mass is 9.81. The number of nitrogens with zero attached hydrogens (tertiary/aromatic N) is 1. The van der Waals surface area contributed by atoms with Gasteiger partial charge in [0.15, 0.2) is 5.78 Å². The number of hydrogen-bond donors (Lipinski definition) is 0. The van der Waals surface area contributed by atoms with E-state index in [1.54, 1.807) is 6.26 Å². The van der Waals surface area contributed by atoms with E-state index in [4.69, 9.17) is 10.00 Å². The quantitative estimate of drug-likeness (QED) is 0.666. The fraction of sp³-hybridized carbons (Fsp3) is 0.667. The lowest BCUT2D eigenvalue weighted by Crippen LogP contribution is -2.23. The van der Waals surface area contributed by atoms with Crippen molar-refractivity contribution in [2.75, 3.05) is 6.61 Å². The number of rotatable bonds is 4. The highest BCUT2D eigenvalue weighted by atomic mass is 16.5. The minimum Gasteiger partial charge on any atom is -0.502 e. The van der Waals surface area contributed by atoms with Crippen LogP contribution in [-0.2, 0) is 9.53 Å². The van der Waals surface area contributed by atoms with Crippen LogP contribution in [0.4, 0.5) is 0 Å². The first-order chi connectivity index (χ1) is 7.14. The molecule has 1 unspecified atom stereocenters. The highest BCUT2D eigenvalue weighted by Gasteiger charge is 2.42. The number of carbonyl (C=O) groups excluding carboxylic acids is 1. The molecule has 0 aliphatic heterocycles. The largest absolute Gasteiger partial charge is 0.502 e. The Balaban J connectivity index is 2.70. The summed E-state index contributed by atoms with van der Waals surface area (Å²) >= 11 is 0.